The fourth-order valence-corrected chi connectivity index (χ4v) is 13.7. The van der Waals surface area contributed by atoms with Crippen molar-refractivity contribution < 1.29 is 8.83 Å². The molecule has 5 nitrogen and oxygen atoms in total. The first kappa shape index (κ1) is 55.2. The van der Waals surface area contributed by atoms with Gasteiger partial charge in [0.15, 0.2) is 5.58 Å². The van der Waals surface area contributed by atoms with Crippen LogP contribution in [-0.4, -0.2) is 6.71 Å². The van der Waals surface area contributed by atoms with Crippen LogP contribution in [0.3, 0.4) is 0 Å². The molecule has 12 aromatic rings. The molecule has 0 saturated carbocycles. The lowest BCUT2D eigenvalue weighted by atomic mass is 9.33. The number of para-hydroxylation sites is 5. The van der Waals surface area contributed by atoms with Crippen molar-refractivity contribution in [3.8, 4) is 11.1 Å². The Morgan fingerprint density at radius 3 is 1.44 bits per heavy atom. The van der Waals surface area contributed by atoms with E-state index >= 15 is 0 Å². The fourth-order valence-electron chi connectivity index (χ4n) is 13.7. The molecule has 2 aromatic heterocycles. The van der Waals surface area contributed by atoms with Crippen molar-refractivity contribution in [2.24, 2.45) is 0 Å². The van der Waals surface area contributed by atoms with E-state index in [4.69, 9.17) is 8.83 Å². The average molecular weight is 1120 g/mol. The number of fused-ring (bicyclic) bond motifs is 10. The first-order valence-electron chi connectivity index (χ1n) is 30.9. The van der Waals surface area contributed by atoms with Gasteiger partial charge in [-0.3, -0.25) is 0 Å². The maximum Gasteiger partial charge on any atom is 0.252 e. The minimum Gasteiger partial charge on any atom is -0.455 e. The van der Waals surface area contributed by atoms with Gasteiger partial charge in [0.05, 0.1) is 17.1 Å². The Morgan fingerprint density at radius 2 is 0.826 bits per heavy atom. The molecule has 428 valence electrons. The summed E-state index contributed by atoms with van der Waals surface area (Å²) >= 11 is 0. The normalized spacial score (nSPS) is 13.7. The minimum atomic E-state index is -0.134. The predicted molar refractivity (Wildman–Crippen MR) is 369 cm³/mol. The van der Waals surface area contributed by atoms with E-state index in [1.807, 2.05) is 0 Å². The van der Waals surface area contributed by atoms with E-state index in [1.54, 1.807) is 0 Å². The van der Waals surface area contributed by atoms with Crippen LogP contribution in [-0.2, 0) is 27.1 Å². The van der Waals surface area contributed by atoms with Gasteiger partial charge in [-0.05, 0) is 132 Å². The molecule has 0 aliphatic carbocycles. The number of anilines is 9. The summed E-state index contributed by atoms with van der Waals surface area (Å²) in [7, 11) is 0. The second-order valence-electron chi connectivity index (χ2n) is 29.5. The smallest absolute Gasteiger partial charge is 0.252 e. The lowest BCUT2D eigenvalue weighted by molar-refractivity contribution is 0.573. The second-order valence-corrected chi connectivity index (χ2v) is 29.5. The summed E-state index contributed by atoms with van der Waals surface area (Å²) in [6.45, 7) is 34.5. The maximum absolute atomic E-state index is 7.26. The summed E-state index contributed by atoms with van der Waals surface area (Å²) in [5.41, 5.74) is 25.1. The van der Waals surface area contributed by atoms with Crippen molar-refractivity contribution in [2.75, 3.05) is 14.7 Å². The summed E-state index contributed by atoms with van der Waals surface area (Å²) in [5, 5.41) is 4.41. The molecule has 14 rings (SSSR count). The average Bonchev–Trinajstić information content (AvgIpc) is 0.855. The number of nitrogens with zero attached hydrogens (tertiary/aromatic N) is 3. The fraction of sp³-hybridized carbons (Fsp3) is 0.250. The molecule has 6 heteroatoms. The highest BCUT2D eigenvalue weighted by molar-refractivity contribution is 7.00. The topological polar surface area (TPSA) is 36.0 Å². The van der Waals surface area contributed by atoms with E-state index in [2.05, 4.69) is 319 Å². The Kier molecular flexibility index (Phi) is 12.4. The summed E-state index contributed by atoms with van der Waals surface area (Å²) in [5.74, 6) is 0. The van der Waals surface area contributed by atoms with Crippen molar-refractivity contribution >= 4 is 118 Å². The molecule has 0 atom stereocenters. The molecule has 10 aromatic carbocycles. The highest BCUT2D eigenvalue weighted by Gasteiger charge is 2.46. The third kappa shape index (κ3) is 8.96. The number of benzene rings is 10. The SMILES string of the molecule is CC(C)(C)c1ccc(N2c3ccc(C(C)(C)C)cc3B3c4cc(C(C)(C)C)ccc4N(c4ccccc4-c4cccc5c4oc4c(C(C)(C)C)cccc45)c4cc(N(c5ccc(C(C)(C)C)cc5)c5cccc6c5oc5ccccc56)cc2c43)cc1. The van der Waals surface area contributed by atoms with Crippen LogP contribution in [0.2, 0.25) is 0 Å². The zero-order valence-corrected chi connectivity index (χ0v) is 52.8. The molecule has 2 aliphatic heterocycles. The number of rotatable bonds is 6. The standard InChI is InChI=1S/C80H78BN3O2/c1-76(2,3)49-33-39-53(40-34-49)82(68-31-22-28-59-57-24-17-19-32-71(57)85-75(59)68)55-47-69-72-70(48-55)84(65-30-18-16-23-56(65)58-25-20-26-60-61-27-21-29-62(80(13,14)15)74(61)86-73(58)60)67-44-38-52(79(10,11)12)46-64(67)81(72)63-45-51(78(7,8)9)37-43-66(63)83(69)54-41-35-50(36-42-54)77(4,5)6/h16-48H,1-15H3. The van der Waals surface area contributed by atoms with E-state index in [0.29, 0.717) is 0 Å². The molecule has 4 heterocycles. The maximum atomic E-state index is 7.26. The molecule has 0 bridgehead atoms. The largest absolute Gasteiger partial charge is 0.455 e. The first-order valence-corrected chi connectivity index (χ1v) is 30.9. The van der Waals surface area contributed by atoms with Gasteiger partial charge >= 0.3 is 0 Å². The Bertz CT molecular complexity index is 4680. The molecule has 0 spiro atoms. The summed E-state index contributed by atoms with van der Waals surface area (Å²) in [6, 6.07) is 75.6. The van der Waals surface area contributed by atoms with Crippen LogP contribution in [0, 0.1) is 0 Å². The number of hydrogen-bond donors (Lipinski definition) is 0. The molecule has 86 heavy (non-hydrogen) atoms. The van der Waals surface area contributed by atoms with Crippen LogP contribution in [0.4, 0.5) is 51.2 Å². The van der Waals surface area contributed by atoms with Crippen LogP contribution in [0.5, 0.6) is 0 Å². The lowest BCUT2D eigenvalue weighted by Crippen LogP contribution is -2.61. The molecule has 0 amide bonds. The van der Waals surface area contributed by atoms with Crippen molar-refractivity contribution in [1.82, 2.24) is 0 Å². The van der Waals surface area contributed by atoms with Crippen LogP contribution in [0.15, 0.2) is 209 Å². The van der Waals surface area contributed by atoms with Gasteiger partial charge in [-0.2, -0.15) is 0 Å². The zero-order chi connectivity index (χ0) is 60.1. The summed E-state index contributed by atoms with van der Waals surface area (Å²) < 4.78 is 14.3. The van der Waals surface area contributed by atoms with Gasteiger partial charge in [0, 0.05) is 72.4 Å². The van der Waals surface area contributed by atoms with Gasteiger partial charge in [0.1, 0.15) is 16.7 Å². The quantitative estimate of drug-likeness (QED) is 0.155. The molecule has 0 N–H and O–H groups in total. The lowest BCUT2D eigenvalue weighted by Gasteiger charge is -2.46. The number of hydrogen-bond acceptors (Lipinski definition) is 5. The zero-order valence-electron chi connectivity index (χ0n) is 52.8. The number of furan rings is 2. The van der Waals surface area contributed by atoms with Gasteiger partial charge in [0.25, 0.3) is 6.71 Å². The van der Waals surface area contributed by atoms with Crippen LogP contribution in [0.25, 0.3) is 55.0 Å². The van der Waals surface area contributed by atoms with Gasteiger partial charge < -0.3 is 23.5 Å². The summed E-state index contributed by atoms with van der Waals surface area (Å²) in [4.78, 5) is 7.62. The van der Waals surface area contributed by atoms with E-state index in [-0.39, 0.29) is 33.8 Å². The van der Waals surface area contributed by atoms with E-state index in [9.17, 15) is 0 Å². The molecule has 2 aliphatic rings. The predicted octanol–water partition coefficient (Wildman–Crippen LogP) is 21.2. The minimum absolute atomic E-state index is 0.0330. The molecule has 0 unspecified atom stereocenters. The molecular formula is C80H78BN3O2. The first-order chi connectivity index (χ1) is 40.8. The molecule has 0 radical (unpaired) electrons. The molecule has 0 saturated heterocycles. The third-order valence-electron chi connectivity index (χ3n) is 18.4. The van der Waals surface area contributed by atoms with Crippen molar-refractivity contribution in [1.29, 1.82) is 0 Å². The Hall–Kier alpha value is -8.74. The van der Waals surface area contributed by atoms with Crippen molar-refractivity contribution in [2.45, 2.75) is 131 Å². The molecule has 0 fully saturated rings. The monoisotopic (exact) mass is 1120 g/mol. The van der Waals surface area contributed by atoms with Gasteiger partial charge in [-0.25, -0.2) is 0 Å². The van der Waals surface area contributed by atoms with Gasteiger partial charge in [0.2, 0.25) is 0 Å². The second kappa shape index (κ2) is 19.4. The Labute approximate surface area is 509 Å². The van der Waals surface area contributed by atoms with Crippen molar-refractivity contribution in [3.05, 3.63) is 228 Å². The van der Waals surface area contributed by atoms with Crippen LogP contribution < -0.4 is 31.1 Å². The Morgan fingerprint density at radius 1 is 0.337 bits per heavy atom. The van der Waals surface area contributed by atoms with Crippen molar-refractivity contribution in [3.63, 3.8) is 0 Å². The summed E-state index contributed by atoms with van der Waals surface area (Å²) in [6.07, 6.45) is 0. The van der Waals surface area contributed by atoms with Gasteiger partial charge in [-0.15, -0.1) is 0 Å². The van der Waals surface area contributed by atoms with E-state index in [0.717, 1.165) is 101 Å². The highest BCUT2D eigenvalue weighted by atomic mass is 16.3. The van der Waals surface area contributed by atoms with Gasteiger partial charge in [-0.1, -0.05) is 237 Å². The Balaban J connectivity index is 1.13. The van der Waals surface area contributed by atoms with Crippen LogP contribution in [0.1, 0.15) is 132 Å². The van der Waals surface area contributed by atoms with Crippen LogP contribution >= 0.6 is 0 Å². The third-order valence-corrected chi connectivity index (χ3v) is 18.4. The van der Waals surface area contributed by atoms with E-state index < -0.39 is 0 Å². The highest BCUT2D eigenvalue weighted by Crippen LogP contribution is 2.53. The van der Waals surface area contributed by atoms with E-state index in [1.165, 1.54) is 49.9 Å². The molecular weight excluding hydrogens is 1050 g/mol.